The van der Waals surface area contributed by atoms with Gasteiger partial charge in [0.05, 0.1) is 4.90 Å². The topological polar surface area (TPSA) is 60.2 Å². The summed E-state index contributed by atoms with van der Waals surface area (Å²) >= 11 is 5.33. The van der Waals surface area contributed by atoms with Gasteiger partial charge in [-0.3, -0.25) is 0 Å². The largest absolute Gasteiger partial charge is 0.238 e. The zero-order chi connectivity index (χ0) is 10.2. The number of hydrogen-bond donors (Lipinski definition) is 1. The quantitative estimate of drug-likeness (QED) is 0.763. The Morgan fingerprint density at radius 2 is 2.00 bits per heavy atom. The van der Waals surface area contributed by atoms with E-state index in [1.54, 1.807) is 6.07 Å². The van der Waals surface area contributed by atoms with E-state index in [0.717, 1.165) is 13.6 Å². The van der Waals surface area contributed by atoms with E-state index in [9.17, 15) is 8.42 Å². The third-order valence-corrected chi connectivity index (χ3v) is 4.42. The van der Waals surface area contributed by atoms with Crippen molar-refractivity contribution in [2.24, 2.45) is 5.14 Å². The lowest BCUT2D eigenvalue weighted by Gasteiger charge is -2.04. The highest BCUT2D eigenvalue weighted by Gasteiger charge is 2.11. The Labute approximate surface area is 99.0 Å². The predicted molar refractivity (Wildman–Crippen MR) is 63.0 cm³/mol. The van der Waals surface area contributed by atoms with Crippen LogP contribution in [0.4, 0.5) is 0 Å². The molecule has 2 N–H and O–H groups in total. The van der Waals surface area contributed by atoms with Gasteiger partial charge in [0.25, 0.3) is 0 Å². The van der Waals surface area contributed by atoms with Crippen LogP contribution in [0.15, 0.2) is 21.5 Å². The monoisotopic (exact) mass is 375 g/mol. The molecule has 3 nitrogen and oxygen atoms in total. The van der Waals surface area contributed by atoms with E-state index in [2.05, 4.69) is 38.5 Å². The van der Waals surface area contributed by atoms with E-state index < -0.39 is 10.0 Å². The molecule has 0 fully saturated rings. The summed E-state index contributed by atoms with van der Waals surface area (Å²) in [7, 11) is -3.60. The molecule has 0 amide bonds. The van der Waals surface area contributed by atoms with Crippen LogP contribution in [0, 0.1) is 10.5 Å². The Hall–Kier alpha value is 0.340. The van der Waals surface area contributed by atoms with E-state index in [1.807, 2.05) is 6.92 Å². The van der Waals surface area contributed by atoms with E-state index in [-0.39, 0.29) is 4.90 Å². The summed E-state index contributed by atoms with van der Waals surface area (Å²) in [6.07, 6.45) is 0. The highest BCUT2D eigenvalue weighted by Crippen LogP contribution is 2.25. The molecule has 0 saturated carbocycles. The lowest BCUT2D eigenvalue weighted by Crippen LogP contribution is -2.12. The Kier molecular flexibility index (Phi) is 3.37. The molecule has 0 bridgehead atoms. The molecule has 0 saturated heterocycles. The molecular weight excluding hydrogens is 369 g/mol. The summed E-state index contributed by atoms with van der Waals surface area (Å²) in [5.41, 5.74) is 1.01. The summed E-state index contributed by atoms with van der Waals surface area (Å²) < 4.78 is 23.6. The number of halogens is 2. The van der Waals surface area contributed by atoms with Crippen LogP contribution in [0.3, 0.4) is 0 Å². The van der Waals surface area contributed by atoms with E-state index in [1.165, 1.54) is 6.07 Å². The van der Waals surface area contributed by atoms with Crippen molar-refractivity contribution in [1.82, 2.24) is 0 Å². The molecule has 1 rings (SSSR count). The first-order valence-corrected chi connectivity index (χ1v) is 6.72. The molecule has 13 heavy (non-hydrogen) atoms. The number of rotatable bonds is 1. The van der Waals surface area contributed by atoms with Crippen LogP contribution in [-0.4, -0.2) is 8.42 Å². The zero-order valence-corrected chi connectivity index (χ0v) is 11.3. The van der Waals surface area contributed by atoms with Crippen molar-refractivity contribution in [3.05, 3.63) is 25.7 Å². The van der Waals surface area contributed by atoms with Gasteiger partial charge in [0.1, 0.15) is 0 Å². The summed E-state index contributed by atoms with van der Waals surface area (Å²) in [5, 5.41) is 4.99. The Morgan fingerprint density at radius 3 is 2.38 bits per heavy atom. The molecule has 0 aliphatic rings. The molecule has 72 valence electrons. The number of sulfonamides is 1. The van der Waals surface area contributed by atoms with Crippen molar-refractivity contribution in [3.63, 3.8) is 0 Å². The highest BCUT2D eigenvalue weighted by molar-refractivity contribution is 14.1. The standard InChI is InChI=1S/C7H7BrINO2S/c1-4-6(8)2-5(3-7(4)9)13(10,11)12/h2-3H,1H3,(H2,10,11,12). The fourth-order valence-electron chi connectivity index (χ4n) is 0.786. The summed E-state index contributed by atoms with van der Waals surface area (Å²) in [6.45, 7) is 1.90. The van der Waals surface area contributed by atoms with Gasteiger partial charge >= 0.3 is 0 Å². The number of benzene rings is 1. The van der Waals surface area contributed by atoms with Gasteiger partial charge in [-0.1, -0.05) is 15.9 Å². The smallest absolute Gasteiger partial charge is 0.225 e. The molecule has 0 atom stereocenters. The van der Waals surface area contributed by atoms with Crippen LogP contribution in [0.2, 0.25) is 0 Å². The Morgan fingerprint density at radius 1 is 1.46 bits per heavy atom. The van der Waals surface area contributed by atoms with Gasteiger partial charge in [0, 0.05) is 8.04 Å². The third kappa shape index (κ3) is 2.64. The number of nitrogens with two attached hydrogens (primary N) is 1. The maximum Gasteiger partial charge on any atom is 0.238 e. The van der Waals surface area contributed by atoms with Crippen molar-refractivity contribution in [2.45, 2.75) is 11.8 Å². The van der Waals surface area contributed by atoms with E-state index >= 15 is 0 Å². The zero-order valence-electron chi connectivity index (χ0n) is 6.71. The maximum atomic E-state index is 11.0. The van der Waals surface area contributed by atoms with Gasteiger partial charge in [-0.15, -0.1) is 0 Å². The minimum atomic E-state index is -3.60. The average molecular weight is 376 g/mol. The van der Waals surface area contributed by atoms with Crippen LogP contribution in [0.25, 0.3) is 0 Å². The van der Waals surface area contributed by atoms with Crippen LogP contribution in [0.1, 0.15) is 5.56 Å². The Balaban J connectivity index is 3.47. The van der Waals surface area contributed by atoms with Gasteiger partial charge in [-0.05, 0) is 47.2 Å². The maximum absolute atomic E-state index is 11.0. The second-order valence-corrected chi connectivity index (χ2v) is 6.13. The van der Waals surface area contributed by atoms with E-state index in [4.69, 9.17) is 5.14 Å². The van der Waals surface area contributed by atoms with Crippen molar-refractivity contribution in [1.29, 1.82) is 0 Å². The minimum Gasteiger partial charge on any atom is -0.225 e. The average Bonchev–Trinajstić information content (AvgIpc) is 1.97. The first kappa shape index (κ1) is 11.4. The molecule has 0 heterocycles. The first-order valence-electron chi connectivity index (χ1n) is 3.31. The molecule has 0 aliphatic heterocycles. The van der Waals surface area contributed by atoms with Crippen molar-refractivity contribution in [3.8, 4) is 0 Å². The summed E-state index contributed by atoms with van der Waals surface area (Å²) in [5.74, 6) is 0. The van der Waals surface area contributed by atoms with Crippen molar-refractivity contribution < 1.29 is 8.42 Å². The van der Waals surface area contributed by atoms with Gasteiger partial charge < -0.3 is 0 Å². The molecule has 0 spiro atoms. The first-order chi connectivity index (χ1) is 5.82. The second kappa shape index (κ2) is 3.84. The number of primary sulfonamides is 1. The lowest BCUT2D eigenvalue weighted by molar-refractivity contribution is 0.597. The lowest BCUT2D eigenvalue weighted by atomic mass is 10.2. The van der Waals surface area contributed by atoms with Crippen molar-refractivity contribution in [2.75, 3.05) is 0 Å². The molecule has 1 aromatic carbocycles. The van der Waals surface area contributed by atoms with Crippen LogP contribution in [0.5, 0.6) is 0 Å². The second-order valence-electron chi connectivity index (χ2n) is 2.56. The molecule has 0 aliphatic carbocycles. The fraction of sp³-hybridized carbons (Fsp3) is 0.143. The number of hydrogen-bond acceptors (Lipinski definition) is 2. The van der Waals surface area contributed by atoms with Gasteiger partial charge in [-0.2, -0.15) is 0 Å². The van der Waals surface area contributed by atoms with Gasteiger partial charge in [0.2, 0.25) is 10.0 Å². The Bertz CT molecular complexity index is 421. The van der Waals surface area contributed by atoms with Crippen LogP contribution in [-0.2, 0) is 10.0 Å². The van der Waals surface area contributed by atoms with Gasteiger partial charge in [0.15, 0.2) is 0 Å². The highest BCUT2D eigenvalue weighted by atomic mass is 127. The third-order valence-electron chi connectivity index (χ3n) is 1.58. The van der Waals surface area contributed by atoms with Crippen LogP contribution >= 0.6 is 38.5 Å². The molecule has 0 radical (unpaired) electrons. The molecule has 6 heteroatoms. The summed E-state index contributed by atoms with van der Waals surface area (Å²) in [6, 6.07) is 3.06. The van der Waals surface area contributed by atoms with Crippen molar-refractivity contribution >= 4 is 48.5 Å². The fourth-order valence-corrected chi connectivity index (χ4v) is 3.17. The molecule has 1 aromatic rings. The minimum absolute atomic E-state index is 0.134. The molecule has 0 aromatic heterocycles. The van der Waals surface area contributed by atoms with Gasteiger partial charge in [-0.25, -0.2) is 13.6 Å². The predicted octanol–water partition coefficient (Wildman–Crippen LogP) is 2.01. The molecular formula is C7H7BrINO2S. The molecule has 0 unspecified atom stereocenters. The van der Waals surface area contributed by atoms with Crippen LogP contribution < -0.4 is 5.14 Å². The SMILES string of the molecule is Cc1c(Br)cc(S(N)(=O)=O)cc1I. The normalized spacial score (nSPS) is 11.7. The van der Waals surface area contributed by atoms with E-state index in [0.29, 0.717) is 0 Å². The summed E-state index contributed by atoms with van der Waals surface area (Å²) in [4.78, 5) is 0.134.